The van der Waals surface area contributed by atoms with E-state index in [1.165, 1.54) is 0 Å². The first-order valence-corrected chi connectivity index (χ1v) is 5.52. The molecule has 0 aromatic rings. The molecule has 0 bridgehead atoms. The summed E-state index contributed by atoms with van der Waals surface area (Å²) >= 11 is 0. The number of fused-ring (bicyclic) bond motifs is 1. The van der Waals surface area contributed by atoms with Crippen molar-refractivity contribution in [1.29, 1.82) is 0 Å². The summed E-state index contributed by atoms with van der Waals surface area (Å²) in [4.78, 5) is 11.9. The minimum atomic E-state index is -0.416. The van der Waals surface area contributed by atoms with E-state index in [1.807, 2.05) is 27.7 Å². The summed E-state index contributed by atoms with van der Waals surface area (Å²) in [5.74, 6) is 0.0266. The van der Waals surface area contributed by atoms with E-state index in [1.54, 1.807) is 0 Å². The number of piperidine rings is 1. The molecule has 0 aromatic carbocycles. The molecular formula is C11H20N2O2. The van der Waals surface area contributed by atoms with Crippen molar-refractivity contribution >= 4 is 5.97 Å². The SMILES string of the molecule is CC1NCC2C(C(=O)OC(C)(C)C)C12N. The Labute approximate surface area is 90.5 Å². The first-order chi connectivity index (χ1) is 6.77. The van der Waals surface area contributed by atoms with Crippen molar-refractivity contribution in [3.05, 3.63) is 0 Å². The first kappa shape index (κ1) is 10.9. The van der Waals surface area contributed by atoms with E-state index >= 15 is 0 Å². The number of nitrogens with one attached hydrogen (secondary N) is 1. The van der Waals surface area contributed by atoms with E-state index < -0.39 is 5.60 Å². The molecule has 0 amide bonds. The average Bonchev–Trinajstić information content (AvgIpc) is 2.55. The predicted octanol–water partition coefficient (Wildman–Crippen LogP) is 0.263. The normalized spacial score (nSPS) is 43.7. The third kappa shape index (κ3) is 1.56. The fourth-order valence-electron chi connectivity index (χ4n) is 2.60. The van der Waals surface area contributed by atoms with Crippen molar-refractivity contribution < 1.29 is 9.53 Å². The maximum absolute atomic E-state index is 11.9. The molecule has 86 valence electrons. The Bertz CT molecular complexity index is 297. The van der Waals surface area contributed by atoms with Gasteiger partial charge in [-0.25, -0.2) is 0 Å². The van der Waals surface area contributed by atoms with Crippen LogP contribution in [0.3, 0.4) is 0 Å². The van der Waals surface area contributed by atoms with Crippen LogP contribution in [0, 0.1) is 11.8 Å². The Morgan fingerprint density at radius 2 is 2.13 bits per heavy atom. The molecule has 15 heavy (non-hydrogen) atoms. The zero-order chi connectivity index (χ0) is 11.4. The van der Waals surface area contributed by atoms with E-state index in [0.717, 1.165) is 6.54 Å². The van der Waals surface area contributed by atoms with Crippen LogP contribution in [-0.4, -0.2) is 29.7 Å². The van der Waals surface area contributed by atoms with Crippen molar-refractivity contribution in [2.75, 3.05) is 6.54 Å². The van der Waals surface area contributed by atoms with E-state index in [4.69, 9.17) is 10.5 Å². The number of carbonyl (C=O) groups excluding carboxylic acids is 1. The lowest BCUT2D eigenvalue weighted by atomic mass is 10.1. The highest BCUT2D eigenvalue weighted by atomic mass is 16.6. The topological polar surface area (TPSA) is 64.3 Å². The van der Waals surface area contributed by atoms with Gasteiger partial charge in [-0.2, -0.15) is 0 Å². The van der Waals surface area contributed by atoms with Crippen molar-refractivity contribution in [2.45, 2.75) is 44.9 Å². The molecule has 4 atom stereocenters. The molecule has 3 N–H and O–H groups in total. The quantitative estimate of drug-likeness (QED) is 0.612. The Kier molecular flexibility index (Phi) is 2.14. The van der Waals surface area contributed by atoms with Crippen molar-refractivity contribution in [3.8, 4) is 0 Å². The maximum Gasteiger partial charge on any atom is 0.311 e. The van der Waals surface area contributed by atoms with Gasteiger partial charge >= 0.3 is 5.97 Å². The number of rotatable bonds is 1. The van der Waals surface area contributed by atoms with Crippen molar-refractivity contribution in [1.82, 2.24) is 5.32 Å². The fraction of sp³-hybridized carbons (Fsp3) is 0.909. The average molecular weight is 212 g/mol. The molecule has 2 aliphatic rings. The molecule has 1 aliphatic heterocycles. The Morgan fingerprint density at radius 3 is 2.53 bits per heavy atom. The van der Waals surface area contributed by atoms with E-state index in [9.17, 15) is 4.79 Å². The highest BCUT2D eigenvalue weighted by molar-refractivity contribution is 5.80. The van der Waals surface area contributed by atoms with Crippen LogP contribution in [0.15, 0.2) is 0 Å². The Morgan fingerprint density at radius 1 is 1.53 bits per heavy atom. The van der Waals surface area contributed by atoms with Gasteiger partial charge in [-0.1, -0.05) is 0 Å². The van der Waals surface area contributed by atoms with Crippen molar-refractivity contribution in [2.24, 2.45) is 17.6 Å². The van der Waals surface area contributed by atoms with E-state index in [-0.39, 0.29) is 29.4 Å². The van der Waals surface area contributed by atoms with Gasteiger partial charge in [0.2, 0.25) is 0 Å². The predicted molar refractivity (Wildman–Crippen MR) is 57.2 cm³/mol. The van der Waals surface area contributed by atoms with Crippen LogP contribution in [0.4, 0.5) is 0 Å². The van der Waals surface area contributed by atoms with Gasteiger partial charge in [-0.15, -0.1) is 0 Å². The van der Waals surface area contributed by atoms with Gasteiger partial charge in [0.25, 0.3) is 0 Å². The molecule has 4 nitrogen and oxygen atoms in total. The molecule has 0 spiro atoms. The van der Waals surface area contributed by atoms with Crippen LogP contribution < -0.4 is 11.1 Å². The van der Waals surface area contributed by atoms with Crippen LogP contribution in [0.5, 0.6) is 0 Å². The number of nitrogens with two attached hydrogens (primary N) is 1. The summed E-state index contributed by atoms with van der Waals surface area (Å²) in [6.45, 7) is 8.52. The zero-order valence-electron chi connectivity index (χ0n) is 9.83. The summed E-state index contributed by atoms with van der Waals surface area (Å²) in [5, 5.41) is 3.27. The standard InChI is InChI=1S/C11H20N2O2/c1-6-11(12)7(5-13-6)8(11)9(14)15-10(2,3)4/h6-8,13H,5,12H2,1-4H3. The largest absolute Gasteiger partial charge is 0.460 e. The fourth-order valence-corrected chi connectivity index (χ4v) is 2.60. The molecule has 1 heterocycles. The van der Waals surface area contributed by atoms with Crippen LogP contribution in [0.1, 0.15) is 27.7 Å². The number of carbonyl (C=O) groups is 1. The minimum Gasteiger partial charge on any atom is -0.460 e. The molecule has 1 saturated carbocycles. The van der Waals surface area contributed by atoms with Gasteiger partial charge in [0.15, 0.2) is 0 Å². The molecule has 1 saturated heterocycles. The number of ether oxygens (including phenoxy) is 1. The Hall–Kier alpha value is -0.610. The lowest BCUT2D eigenvalue weighted by Gasteiger charge is -2.22. The minimum absolute atomic E-state index is 0.104. The van der Waals surface area contributed by atoms with Crippen LogP contribution in [0.2, 0.25) is 0 Å². The van der Waals surface area contributed by atoms with Gasteiger partial charge in [0.1, 0.15) is 5.60 Å². The van der Waals surface area contributed by atoms with Gasteiger partial charge in [-0.3, -0.25) is 4.79 Å². The number of hydrogen-bond donors (Lipinski definition) is 2. The van der Waals surface area contributed by atoms with E-state index in [2.05, 4.69) is 5.32 Å². The van der Waals surface area contributed by atoms with Crippen LogP contribution >= 0.6 is 0 Å². The second-order valence-corrected chi connectivity index (χ2v) is 5.75. The monoisotopic (exact) mass is 212 g/mol. The summed E-state index contributed by atoms with van der Waals surface area (Å²) in [5.41, 5.74) is 5.42. The molecule has 1 aliphatic carbocycles. The highest BCUT2D eigenvalue weighted by Crippen LogP contribution is 2.54. The van der Waals surface area contributed by atoms with E-state index in [0.29, 0.717) is 0 Å². The second kappa shape index (κ2) is 2.95. The second-order valence-electron chi connectivity index (χ2n) is 5.75. The summed E-state index contributed by atoms with van der Waals surface area (Å²) < 4.78 is 5.36. The van der Waals surface area contributed by atoms with Gasteiger partial charge in [0.05, 0.1) is 5.92 Å². The molecule has 4 heteroatoms. The lowest BCUT2D eigenvalue weighted by Crippen LogP contribution is -2.44. The first-order valence-electron chi connectivity index (χ1n) is 5.52. The third-order valence-corrected chi connectivity index (χ3v) is 3.53. The third-order valence-electron chi connectivity index (χ3n) is 3.53. The smallest absolute Gasteiger partial charge is 0.311 e. The molecule has 0 aromatic heterocycles. The summed E-state index contributed by atoms with van der Waals surface area (Å²) in [6, 6.07) is 0.208. The van der Waals surface area contributed by atoms with Crippen molar-refractivity contribution in [3.63, 3.8) is 0 Å². The Balaban J connectivity index is 2.02. The van der Waals surface area contributed by atoms with Crippen LogP contribution in [-0.2, 0) is 9.53 Å². The lowest BCUT2D eigenvalue weighted by molar-refractivity contribution is -0.157. The molecule has 0 radical (unpaired) electrons. The van der Waals surface area contributed by atoms with Crippen LogP contribution in [0.25, 0.3) is 0 Å². The molecule has 2 fully saturated rings. The molecular weight excluding hydrogens is 192 g/mol. The number of hydrogen-bond acceptors (Lipinski definition) is 4. The zero-order valence-corrected chi connectivity index (χ0v) is 9.83. The maximum atomic E-state index is 11.9. The van der Waals surface area contributed by atoms with Gasteiger partial charge in [-0.05, 0) is 27.7 Å². The summed E-state index contributed by atoms with van der Waals surface area (Å²) in [7, 11) is 0. The van der Waals surface area contributed by atoms with Gasteiger partial charge in [0, 0.05) is 24.0 Å². The molecule has 4 unspecified atom stereocenters. The number of esters is 1. The highest BCUT2D eigenvalue weighted by Gasteiger charge is 2.72. The summed E-state index contributed by atoms with van der Waals surface area (Å²) in [6.07, 6.45) is 0. The van der Waals surface area contributed by atoms with Gasteiger partial charge < -0.3 is 15.8 Å². The molecule has 2 rings (SSSR count).